The molecule has 0 atom stereocenters. The number of rotatable bonds is 4. The molecule has 3 aromatic rings. The zero-order valence-corrected chi connectivity index (χ0v) is 12.5. The summed E-state index contributed by atoms with van der Waals surface area (Å²) < 4.78 is 5.97. The first-order chi connectivity index (χ1) is 11.6. The summed E-state index contributed by atoms with van der Waals surface area (Å²) in [7, 11) is 0. The molecule has 0 unspecified atom stereocenters. The number of hydrogen-bond acceptors (Lipinski definition) is 5. The van der Waals surface area contributed by atoms with E-state index in [1.807, 2.05) is 0 Å². The van der Waals surface area contributed by atoms with Gasteiger partial charge in [0.05, 0.1) is 11.1 Å². The van der Waals surface area contributed by atoms with E-state index in [4.69, 9.17) is 10.5 Å². The number of fused-ring (bicyclic) bond motifs is 1. The van der Waals surface area contributed by atoms with Crippen LogP contribution in [0, 0.1) is 0 Å². The number of nitrogens with two attached hydrogens (primary N) is 1. The van der Waals surface area contributed by atoms with Crippen molar-refractivity contribution in [2.45, 2.75) is 0 Å². The number of carbonyl (C=O) groups is 2. The highest BCUT2D eigenvalue weighted by molar-refractivity contribution is 6.02. The number of hydrogen-bond donors (Lipinski definition) is 1. The lowest BCUT2D eigenvalue weighted by atomic mass is 10.1. The Morgan fingerprint density at radius 1 is 1.00 bits per heavy atom. The van der Waals surface area contributed by atoms with Crippen molar-refractivity contribution >= 4 is 22.6 Å². The maximum atomic E-state index is 12.6. The summed E-state index contributed by atoms with van der Waals surface area (Å²) in [4.78, 5) is 35.7. The van der Waals surface area contributed by atoms with Gasteiger partial charge in [0.1, 0.15) is 0 Å². The van der Waals surface area contributed by atoms with Crippen molar-refractivity contribution in [3.8, 4) is 5.69 Å². The van der Waals surface area contributed by atoms with E-state index in [1.54, 1.807) is 54.6 Å². The summed E-state index contributed by atoms with van der Waals surface area (Å²) in [6.07, 6.45) is 0. The molecule has 0 saturated carbocycles. The lowest BCUT2D eigenvalue weighted by molar-refractivity contribution is -0.121. The maximum absolute atomic E-state index is 12.6. The van der Waals surface area contributed by atoms with E-state index in [2.05, 4.69) is 5.10 Å². The number of aromatic nitrogens is 2. The lowest BCUT2D eigenvalue weighted by Gasteiger charge is -2.10. The standard InChI is InChI=1S/C17H13N3O4/c18-14(21)10-24-17(23)15-12-8-4-5-9-13(12)16(22)20(19-15)11-6-2-1-3-7-11/h1-9H,10H2,(H2,18,21). The third kappa shape index (κ3) is 2.87. The maximum Gasteiger partial charge on any atom is 0.359 e. The molecule has 0 aliphatic carbocycles. The molecule has 24 heavy (non-hydrogen) atoms. The number of para-hydroxylation sites is 1. The van der Waals surface area contributed by atoms with Gasteiger partial charge in [-0.05, 0) is 18.2 Å². The molecule has 3 rings (SSSR count). The molecular weight excluding hydrogens is 310 g/mol. The Kier molecular flexibility index (Phi) is 4.07. The Morgan fingerprint density at radius 3 is 2.29 bits per heavy atom. The molecule has 0 saturated heterocycles. The van der Waals surface area contributed by atoms with Crippen LogP contribution in [0.25, 0.3) is 16.5 Å². The molecule has 0 radical (unpaired) electrons. The fourth-order valence-corrected chi connectivity index (χ4v) is 2.29. The zero-order chi connectivity index (χ0) is 17.1. The number of carbonyl (C=O) groups excluding carboxylic acids is 2. The highest BCUT2D eigenvalue weighted by Crippen LogP contribution is 2.16. The van der Waals surface area contributed by atoms with Crippen LogP contribution < -0.4 is 11.3 Å². The van der Waals surface area contributed by atoms with Crippen molar-refractivity contribution < 1.29 is 14.3 Å². The molecule has 7 heteroatoms. The van der Waals surface area contributed by atoms with Crippen LogP contribution in [-0.4, -0.2) is 28.3 Å². The van der Waals surface area contributed by atoms with Crippen molar-refractivity contribution in [1.82, 2.24) is 9.78 Å². The fourth-order valence-electron chi connectivity index (χ4n) is 2.29. The zero-order valence-electron chi connectivity index (χ0n) is 12.5. The van der Waals surface area contributed by atoms with Gasteiger partial charge < -0.3 is 10.5 Å². The van der Waals surface area contributed by atoms with Gasteiger partial charge in [-0.3, -0.25) is 9.59 Å². The second kappa shape index (κ2) is 6.33. The van der Waals surface area contributed by atoms with Crippen LogP contribution in [0.1, 0.15) is 10.5 Å². The van der Waals surface area contributed by atoms with Crippen molar-refractivity contribution in [1.29, 1.82) is 0 Å². The van der Waals surface area contributed by atoms with Gasteiger partial charge in [-0.25, -0.2) is 4.79 Å². The van der Waals surface area contributed by atoms with Gasteiger partial charge in [0.25, 0.3) is 11.5 Å². The highest BCUT2D eigenvalue weighted by Gasteiger charge is 2.19. The number of ether oxygens (including phenoxy) is 1. The van der Waals surface area contributed by atoms with E-state index in [-0.39, 0.29) is 11.3 Å². The van der Waals surface area contributed by atoms with Crippen LogP contribution in [0.5, 0.6) is 0 Å². The van der Waals surface area contributed by atoms with Crippen LogP contribution >= 0.6 is 0 Å². The molecule has 120 valence electrons. The van der Waals surface area contributed by atoms with Gasteiger partial charge in [-0.15, -0.1) is 0 Å². The lowest BCUT2D eigenvalue weighted by Crippen LogP contribution is -2.26. The Morgan fingerprint density at radius 2 is 1.62 bits per heavy atom. The number of esters is 1. The van der Waals surface area contributed by atoms with Crippen LogP contribution in [0.4, 0.5) is 0 Å². The van der Waals surface area contributed by atoms with Crippen LogP contribution in [0.15, 0.2) is 59.4 Å². The predicted octanol–water partition coefficient (Wildman–Crippen LogP) is 1.03. The molecule has 2 N–H and O–H groups in total. The molecule has 0 fully saturated rings. The Labute approximate surface area is 136 Å². The highest BCUT2D eigenvalue weighted by atomic mass is 16.5. The monoisotopic (exact) mass is 323 g/mol. The molecular formula is C17H13N3O4. The van der Waals surface area contributed by atoms with Crippen molar-refractivity contribution in [2.24, 2.45) is 5.73 Å². The molecule has 0 aliphatic heterocycles. The predicted molar refractivity (Wildman–Crippen MR) is 86.8 cm³/mol. The molecule has 0 aliphatic rings. The topological polar surface area (TPSA) is 104 Å². The number of benzene rings is 2. The van der Waals surface area contributed by atoms with E-state index in [0.717, 1.165) is 4.68 Å². The molecule has 1 aromatic heterocycles. The average molecular weight is 323 g/mol. The smallest absolute Gasteiger partial charge is 0.359 e. The van der Waals surface area contributed by atoms with Crippen LogP contribution in [0.3, 0.4) is 0 Å². The summed E-state index contributed by atoms with van der Waals surface area (Å²) in [6, 6.07) is 15.3. The largest absolute Gasteiger partial charge is 0.451 e. The van der Waals surface area contributed by atoms with E-state index in [0.29, 0.717) is 16.5 Å². The van der Waals surface area contributed by atoms with Crippen molar-refractivity contribution in [3.05, 3.63) is 70.6 Å². The normalized spacial score (nSPS) is 10.5. The summed E-state index contributed by atoms with van der Waals surface area (Å²) in [5.41, 5.74) is 5.08. The Hall–Kier alpha value is -3.48. The number of amides is 1. The Balaban J connectivity index is 2.21. The molecule has 1 heterocycles. The summed E-state index contributed by atoms with van der Waals surface area (Å²) in [5.74, 6) is -1.60. The van der Waals surface area contributed by atoms with Gasteiger partial charge in [-0.1, -0.05) is 36.4 Å². The van der Waals surface area contributed by atoms with Gasteiger partial charge >= 0.3 is 5.97 Å². The average Bonchev–Trinajstić information content (AvgIpc) is 2.61. The molecule has 7 nitrogen and oxygen atoms in total. The molecule has 0 spiro atoms. The summed E-state index contributed by atoms with van der Waals surface area (Å²) >= 11 is 0. The van der Waals surface area contributed by atoms with Gasteiger partial charge in [-0.2, -0.15) is 9.78 Å². The first-order valence-corrected chi connectivity index (χ1v) is 7.11. The second-order valence-electron chi connectivity index (χ2n) is 4.99. The van der Waals surface area contributed by atoms with Gasteiger partial charge in [0.2, 0.25) is 0 Å². The minimum atomic E-state index is -0.824. The molecule has 2 aromatic carbocycles. The van der Waals surface area contributed by atoms with Gasteiger partial charge in [0, 0.05) is 5.39 Å². The van der Waals surface area contributed by atoms with E-state index >= 15 is 0 Å². The first-order valence-electron chi connectivity index (χ1n) is 7.11. The second-order valence-corrected chi connectivity index (χ2v) is 4.99. The van der Waals surface area contributed by atoms with Gasteiger partial charge in [0.15, 0.2) is 12.3 Å². The minimum absolute atomic E-state index is 0.0599. The van der Waals surface area contributed by atoms with E-state index < -0.39 is 18.5 Å². The SMILES string of the molecule is NC(=O)COC(=O)c1nn(-c2ccccc2)c(=O)c2ccccc12. The molecule has 1 amide bonds. The Bertz CT molecular complexity index is 980. The van der Waals surface area contributed by atoms with Crippen LogP contribution in [-0.2, 0) is 9.53 Å². The van der Waals surface area contributed by atoms with E-state index in [9.17, 15) is 14.4 Å². The van der Waals surface area contributed by atoms with E-state index in [1.165, 1.54) is 0 Å². The molecule has 0 bridgehead atoms. The summed E-state index contributed by atoms with van der Waals surface area (Å²) in [5, 5.41) is 4.80. The van der Waals surface area contributed by atoms with Crippen molar-refractivity contribution in [3.63, 3.8) is 0 Å². The first kappa shape index (κ1) is 15.4. The third-order valence-corrected chi connectivity index (χ3v) is 3.34. The van der Waals surface area contributed by atoms with Crippen LogP contribution in [0.2, 0.25) is 0 Å². The quantitative estimate of drug-likeness (QED) is 0.722. The third-order valence-electron chi connectivity index (χ3n) is 3.34. The minimum Gasteiger partial charge on any atom is -0.451 e. The summed E-state index contributed by atoms with van der Waals surface area (Å²) in [6.45, 7) is -0.556. The number of primary amides is 1. The number of nitrogens with zero attached hydrogens (tertiary/aromatic N) is 2. The fraction of sp³-hybridized carbons (Fsp3) is 0.0588. The van der Waals surface area contributed by atoms with Crippen molar-refractivity contribution in [2.75, 3.05) is 6.61 Å².